The van der Waals surface area contributed by atoms with Gasteiger partial charge in [-0.25, -0.2) is 9.99 Å². The van der Waals surface area contributed by atoms with E-state index in [-0.39, 0.29) is 25.2 Å². The van der Waals surface area contributed by atoms with E-state index in [2.05, 4.69) is 10.1 Å². The normalized spacial score (nSPS) is 15.8. The van der Waals surface area contributed by atoms with Crippen molar-refractivity contribution in [3.8, 4) is 0 Å². The number of aryl methyl sites for hydroxylation is 2. The summed E-state index contributed by atoms with van der Waals surface area (Å²) in [4.78, 5) is 28.5. The van der Waals surface area contributed by atoms with Crippen molar-refractivity contribution in [1.29, 1.82) is 0 Å². The molecule has 2 heterocycles. The van der Waals surface area contributed by atoms with Crippen LogP contribution in [-0.2, 0) is 9.59 Å². The maximum absolute atomic E-state index is 13.0. The molecule has 32 heavy (non-hydrogen) atoms. The summed E-state index contributed by atoms with van der Waals surface area (Å²) >= 11 is 6.61. The van der Waals surface area contributed by atoms with Crippen molar-refractivity contribution >= 4 is 40.1 Å². The number of carbonyl (C=O) groups is 2. The summed E-state index contributed by atoms with van der Waals surface area (Å²) in [5, 5.41) is 16.3. The number of hydrogen-bond donors (Lipinski definition) is 1. The number of para-hydroxylation sites is 1. The van der Waals surface area contributed by atoms with Crippen molar-refractivity contribution in [2.24, 2.45) is 5.10 Å². The average molecular weight is 450 g/mol. The molecule has 1 aliphatic heterocycles. The average Bonchev–Trinajstić information content (AvgIpc) is 3.19. The van der Waals surface area contributed by atoms with Crippen LogP contribution in [0.25, 0.3) is 10.9 Å². The molecule has 0 saturated carbocycles. The number of pyridine rings is 1. The summed E-state index contributed by atoms with van der Waals surface area (Å²) in [6, 6.07) is 15.5. The van der Waals surface area contributed by atoms with Crippen molar-refractivity contribution in [1.82, 2.24) is 9.99 Å². The predicted molar refractivity (Wildman–Crippen MR) is 125 cm³/mol. The van der Waals surface area contributed by atoms with Gasteiger partial charge in [0.1, 0.15) is 5.15 Å². The van der Waals surface area contributed by atoms with E-state index in [0.717, 1.165) is 38.9 Å². The standard InChI is InChI=1S/C25H24ClN3O3/c1-15-9-11-17(12-10-15)20-14-21(29(28-20)22(30)7-4-8-23(31)32)19-13-18-6-3-5-16(2)24(18)27-25(19)26/h3,5-6,9-13,21H,4,7-8,14H2,1-2H3,(H,31,32). The zero-order valence-corrected chi connectivity index (χ0v) is 18.8. The number of fused-ring (bicyclic) bond motifs is 1. The first-order valence-corrected chi connectivity index (χ1v) is 11.0. The molecule has 7 heteroatoms. The third-order valence-corrected chi connectivity index (χ3v) is 6.02. The fraction of sp³-hybridized carbons (Fsp3) is 0.280. The summed E-state index contributed by atoms with van der Waals surface area (Å²) in [6.07, 6.45) is 0.809. The molecular formula is C25H24ClN3O3. The lowest BCUT2D eigenvalue weighted by molar-refractivity contribution is -0.137. The molecule has 0 radical (unpaired) electrons. The molecule has 0 aliphatic carbocycles. The monoisotopic (exact) mass is 449 g/mol. The number of rotatable bonds is 6. The van der Waals surface area contributed by atoms with Crippen LogP contribution in [0.4, 0.5) is 0 Å². The number of aromatic nitrogens is 1. The molecule has 0 spiro atoms. The van der Waals surface area contributed by atoms with Gasteiger partial charge in [0.15, 0.2) is 0 Å². The SMILES string of the molecule is Cc1ccc(C2=NN(C(=O)CCCC(=O)O)C(c3cc4cccc(C)c4nc3Cl)C2)cc1. The quantitative estimate of drug-likeness (QED) is 0.508. The van der Waals surface area contributed by atoms with E-state index < -0.39 is 12.0 Å². The summed E-state index contributed by atoms with van der Waals surface area (Å²) in [7, 11) is 0. The summed E-state index contributed by atoms with van der Waals surface area (Å²) < 4.78 is 0. The van der Waals surface area contributed by atoms with Gasteiger partial charge in [0.2, 0.25) is 5.91 Å². The van der Waals surface area contributed by atoms with Crippen LogP contribution >= 0.6 is 11.6 Å². The predicted octanol–water partition coefficient (Wildman–Crippen LogP) is 5.44. The number of halogens is 1. The van der Waals surface area contributed by atoms with Crippen LogP contribution in [0.3, 0.4) is 0 Å². The fourth-order valence-electron chi connectivity index (χ4n) is 3.98. The zero-order chi connectivity index (χ0) is 22.8. The highest BCUT2D eigenvalue weighted by Gasteiger charge is 2.34. The number of nitrogens with zero attached hydrogens (tertiary/aromatic N) is 3. The van der Waals surface area contributed by atoms with Gasteiger partial charge in [-0.3, -0.25) is 9.59 Å². The molecule has 6 nitrogen and oxygen atoms in total. The highest BCUT2D eigenvalue weighted by molar-refractivity contribution is 6.30. The van der Waals surface area contributed by atoms with Gasteiger partial charge in [-0.15, -0.1) is 0 Å². The third-order valence-electron chi connectivity index (χ3n) is 5.72. The Bertz CT molecular complexity index is 1220. The van der Waals surface area contributed by atoms with Crippen molar-refractivity contribution < 1.29 is 14.7 Å². The van der Waals surface area contributed by atoms with Gasteiger partial charge in [-0.2, -0.15) is 5.10 Å². The Morgan fingerprint density at radius 1 is 1.12 bits per heavy atom. The molecule has 1 atom stereocenters. The molecule has 1 amide bonds. The topological polar surface area (TPSA) is 82.9 Å². The number of carboxylic acid groups (broad SMARTS) is 1. The van der Waals surface area contributed by atoms with E-state index in [1.807, 2.05) is 62.4 Å². The Balaban J connectivity index is 1.71. The number of amides is 1. The summed E-state index contributed by atoms with van der Waals surface area (Å²) in [5.41, 5.74) is 5.48. The molecule has 0 bridgehead atoms. The van der Waals surface area contributed by atoms with Crippen molar-refractivity contribution in [2.45, 2.75) is 45.6 Å². The molecule has 1 aliphatic rings. The van der Waals surface area contributed by atoms with Gasteiger partial charge in [-0.1, -0.05) is 59.6 Å². The minimum Gasteiger partial charge on any atom is -0.481 e. The first-order valence-electron chi connectivity index (χ1n) is 10.6. The first kappa shape index (κ1) is 22.0. The van der Waals surface area contributed by atoms with Gasteiger partial charge in [0.25, 0.3) is 0 Å². The van der Waals surface area contributed by atoms with Crippen molar-refractivity contribution in [3.63, 3.8) is 0 Å². The van der Waals surface area contributed by atoms with E-state index in [9.17, 15) is 9.59 Å². The molecule has 0 saturated heterocycles. The third kappa shape index (κ3) is 4.50. The maximum atomic E-state index is 13.0. The van der Waals surface area contributed by atoms with Gasteiger partial charge < -0.3 is 5.11 Å². The maximum Gasteiger partial charge on any atom is 0.303 e. The summed E-state index contributed by atoms with van der Waals surface area (Å²) in [6.45, 7) is 4.00. The largest absolute Gasteiger partial charge is 0.481 e. The van der Waals surface area contributed by atoms with Crippen LogP contribution in [0.5, 0.6) is 0 Å². The second-order valence-corrected chi connectivity index (χ2v) is 8.49. The molecule has 2 aromatic carbocycles. The van der Waals surface area contributed by atoms with E-state index >= 15 is 0 Å². The lowest BCUT2D eigenvalue weighted by Gasteiger charge is -2.23. The number of carbonyl (C=O) groups excluding carboxylic acids is 1. The molecule has 1 aromatic heterocycles. The van der Waals surface area contributed by atoms with Crippen LogP contribution in [0.1, 0.15) is 54.0 Å². The Morgan fingerprint density at radius 2 is 1.88 bits per heavy atom. The van der Waals surface area contributed by atoms with Crippen LogP contribution in [0.2, 0.25) is 5.15 Å². The molecule has 1 unspecified atom stereocenters. The highest BCUT2D eigenvalue weighted by Crippen LogP contribution is 2.38. The lowest BCUT2D eigenvalue weighted by atomic mass is 9.97. The Morgan fingerprint density at radius 3 is 2.59 bits per heavy atom. The van der Waals surface area contributed by atoms with Crippen LogP contribution in [0, 0.1) is 13.8 Å². The minimum atomic E-state index is -0.920. The highest BCUT2D eigenvalue weighted by atomic mass is 35.5. The van der Waals surface area contributed by atoms with Gasteiger partial charge >= 0.3 is 5.97 Å². The Kier molecular flexibility index (Phi) is 6.24. The number of carboxylic acids is 1. The van der Waals surface area contributed by atoms with Crippen molar-refractivity contribution in [2.75, 3.05) is 0 Å². The van der Waals surface area contributed by atoms with Crippen molar-refractivity contribution in [3.05, 3.63) is 75.9 Å². The molecular weight excluding hydrogens is 426 g/mol. The smallest absolute Gasteiger partial charge is 0.303 e. The molecule has 4 rings (SSSR count). The van der Waals surface area contributed by atoms with E-state index in [0.29, 0.717) is 11.6 Å². The van der Waals surface area contributed by atoms with Gasteiger partial charge in [-0.05, 0) is 37.5 Å². The van der Waals surface area contributed by atoms with E-state index in [1.54, 1.807) is 0 Å². The first-order chi connectivity index (χ1) is 15.3. The van der Waals surface area contributed by atoms with E-state index in [1.165, 1.54) is 5.01 Å². The van der Waals surface area contributed by atoms with Gasteiger partial charge in [0.05, 0.1) is 17.3 Å². The number of hydrazone groups is 1. The van der Waals surface area contributed by atoms with Crippen LogP contribution in [-0.4, -0.2) is 32.7 Å². The van der Waals surface area contributed by atoms with Crippen LogP contribution in [0.15, 0.2) is 53.6 Å². The number of aliphatic carboxylic acids is 1. The Labute approximate surface area is 191 Å². The zero-order valence-electron chi connectivity index (χ0n) is 18.0. The number of hydrogen-bond acceptors (Lipinski definition) is 4. The molecule has 3 aromatic rings. The lowest BCUT2D eigenvalue weighted by Crippen LogP contribution is -2.27. The number of benzene rings is 2. The second kappa shape index (κ2) is 9.09. The fourth-order valence-corrected chi connectivity index (χ4v) is 4.25. The minimum absolute atomic E-state index is 0.0592. The molecule has 0 fully saturated rings. The Hall–Kier alpha value is -3.25. The van der Waals surface area contributed by atoms with E-state index in [4.69, 9.17) is 16.7 Å². The van der Waals surface area contributed by atoms with Crippen LogP contribution < -0.4 is 0 Å². The second-order valence-electron chi connectivity index (χ2n) is 8.13. The molecule has 164 valence electrons. The van der Waals surface area contributed by atoms with Gasteiger partial charge in [0, 0.05) is 30.2 Å². The molecule has 1 N–H and O–H groups in total. The summed E-state index contributed by atoms with van der Waals surface area (Å²) in [5.74, 6) is -1.14.